The number of fused-ring (bicyclic) bond motifs is 1. The minimum Gasteiger partial charge on any atom is -0.331 e. The fourth-order valence-electron chi connectivity index (χ4n) is 3.49. The number of nitrogens with zero attached hydrogens (tertiary/aromatic N) is 2. The van der Waals surface area contributed by atoms with Crippen molar-refractivity contribution in [2.75, 3.05) is 22.7 Å². The molecule has 3 aromatic carbocycles. The maximum atomic E-state index is 12.7. The number of hydrogen-bond donors (Lipinski definition) is 4. The van der Waals surface area contributed by atoms with E-state index in [0.29, 0.717) is 16.3 Å². The first-order chi connectivity index (χ1) is 22.0. The van der Waals surface area contributed by atoms with E-state index in [4.69, 9.17) is 39.7 Å². The van der Waals surface area contributed by atoms with Crippen molar-refractivity contribution >= 4 is 64.2 Å². The topological polar surface area (TPSA) is 97.3 Å². The van der Waals surface area contributed by atoms with E-state index in [9.17, 15) is 4.79 Å². The number of benzene rings is 3. The van der Waals surface area contributed by atoms with Gasteiger partial charge in [-0.05, 0) is 95.8 Å². The van der Waals surface area contributed by atoms with Crippen molar-refractivity contribution < 1.29 is 4.79 Å². The van der Waals surface area contributed by atoms with E-state index in [-0.39, 0.29) is 11.9 Å². The lowest BCUT2D eigenvalue weighted by Gasteiger charge is -2.15. The second-order valence-corrected chi connectivity index (χ2v) is 11.0. The number of para-hydroxylation sites is 1. The van der Waals surface area contributed by atoms with Gasteiger partial charge in [-0.1, -0.05) is 99.3 Å². The summed E-state index contributed by atoms with van der Waals surface area (Å²) >= 11 is 16.1. The molecule has 9 heteroatoms. The smallest absolute Gasteiger partial charge is 0.255 e. The highest BCUT2D eigenvalue weighted by Crippen LogP contribution is 2.31. The van der Waals surface area contributed by atoms with Gasteiger partial charge in [-0.2, -0.15) is 0 Å². The predicted molar refractivity (Wildman–Crippen MR) is 208 cm³/mol. The molecule has 1 heterocycles. The average Bonchev–Trinajstić information content (AvgIpc) is 3.07. The maximum absolute atomic E-state index is 12.7. The van der Waals surface area contributed by atoms with Crippen molar-refractivity contribution in [3.05, 3.63) is 113 Å². The van der Waals surface area contributed by atoms with Gasteiger partial charge in [0.15, 0.2) is 0 Å². The third-order valence-corrected chi connectivity index (χ3v) is 6.78. The second-order valence-electron chi connectivity index (χ2n) is 9.47. The van der Waals surface area contributed by atoms with Gasteiger partial charge in [-0.25, -0.2) is 4.98 Å². The van der Waals surface area contributed by atoms with Crippen LogP contribution in [0.2, 0.25) is 5.02 Å². The lowest BCUT2D eigenvalue weighted by molar-refractivity contribution is 0.102. The van der Waals surface area contributed by atoms with Crippen LogP contribution in [-0.2, 0) is 0 Å². The highest BCUT2D eigenvalue weighted by Gasteiger charge is 2.11. The molecule has 0 saturated heterocycles. The number of nitrogens with one attached hydrogen (secondary N) is 1. The van der Waals surface area contributed by atoms with E-state index in [1.54, 1.807) is 24.3 Å². The fourth-order valence-corrected chi connectivity index (χ4v) is 3.84. The van der Waals surface area contributed by atoms with Crippen LogP contribution in [0.1, 0.15) is 65.7 Å². The zero-order valence-corrected chi connectivity index (χ0v) is 30.8. The summed E-state index contributed by atoms with van der Waals surface area (Å²) in [4.78, 5) is 17.4. The number of hydrogen-bond acceptors (Lipinski definition) is 6. The summed E-state index contributed by atoms with van der Waals surface area (Å²) in [5.41, 5.74) is 14.7. The molecule has 5 N–H and O–H groups in total. The van der Waals surface area contributed by atoms with Crippen molar-refractivity contribution in [3.63, 3.8) is 0 Å². The van der Waals surface area contributed by atoms with Crippen molar-refractivity contribution in [1.82, 2.24) is 4.98 Å². The van der Waals surface area contributed by atoms with Gasteiger partial charge in [0.25, 0.3) is 5.91 Å². The number of anilines is 2. The SMILES string of the molecule is C/C=C(\C)Cl.C/C=C\C(C)N.CC.CCN.CCN(S)c1ccc(C(=O)Nc2ccc(Cl)c(-c3ccc4ccccc4n3)c2)cc1. The molecule has 250 valence electrons. The molecular weight excluding hydrogens is 633 g/mol. The predicted octanol–water partition coefficient (Wildman–Crippen LogP) is 10.5. The molecule has 1 amide bonds. The van der Waals surface area contributed by atoms with Crippen LogP contribution in [0.5, 0.6) is 0 Å². The summed E-state index contributed by atoms with van der Waals surface area (Å²) in [5, 5.41) is 5.43. The van der Waals surface area contributed by atoms with Crippen LogP contribution in [0.3, 0.4) is 0 Å². The third kappa shape index (κ3) is 16.3. The summed E-state index contributed by atoms with van der Waals surface area (Å²) in [7, 11) is 0. The molecule has 1 aromatic heterocycles. The quantitative estimate of drug-likeness (QED) is 0.120. The number of aromatic nitrogens is 1. The molecule has 0 bridgehead atoms. The monoisotopic (exact) mass is 683 g/mol. The van der Waals surface area contributed by atoms with Gasteiger partial charge in [-0.15, -0.1) is 0 Å². The van der Waals surface area contributed by atoms with Gasteiger partial charge in [-0.3, -0.25) is 4.79 Å². The lowest BCUT2D eigenvalue weighted by Crippen LogP contribution is -2.13. The third-order valence-electron chi connectivity index (χ3n) is 5.72. The van der Waals surface area contributed by atoms with Crippen LogP contribution < -0.4 is 21.1 Å². The number of thiol groups is 1. The summed E-state index contributed by atoms with van der Waals surface area (Å²) in [6.07, 6.45) is 5.74. The van der Waals surface area contributed by atoms with Crippen molar-refractivity contribution in [2.24, 2.45) is 11.5 Å². The standard InChI is InChI=1S/C24H20ClN3OS.C5H11N.C4H7Cl.C2H7N.C2H6/c1-2-28(30)19-11-7-17(8-12-19)24(29)26-18-10-13-21(25)20(15-18)23-14-9-16-5-3-4-6-22(16)27-23;1-3-4-5(2)6;1-3-4(2)5;1-2-3;1-2/h3-15,30H,2H2,1H3,(H,26,29);3-5H,6H2,1-2H3;3H,1-2H3;2-3H2,1H3;1-2H3/b;4-3-;4-3+;;. The lowest BCUT2D eigenvalue weighted by atomic mass is 10.1. The van der Waals surface area contributed by atoms with E-state index in [1.165, 1.54) is 0 Å². The van der Waals surface area contributed by atoms with E-state index in [2.05, 4.69) is 18.1 Å². The van der Waals surface area contributed by atoms with Crippen LogP contribution in [0.4, 0.5) is 11.4 Å². The normalized spacial score (nSPS) is 10.9. The highest BCUT2D eigenvalue weighted by molar-refractivity contribution is 7.81. The highest BCUT2D eigenvalue weighted by atomic mass is 35.5. The molecule has 0 saturated carbocycles. The van der Waals surface area contributed by atoms with Gasteiger partial charge in [0, 0.05) is 45.5 Å². The van der Waals surface area contributed by atoms with E-state index >= 15 is 0 Å². The number of allylic oxidation sites excluding steroid dienone is 3. The summed E-state index contributed by atoms with van der Waals surface area (Å²) in [6.45, 7) is 17.1. The first-order valence-corrected chi connectivity index (χ1v) is 16.6. The van der Waals surface area contributed by atoms with Crippen molar-refractivity contribution in [2.45, 2.75) is 61.4 Å². The number of nitrogens with two attached hydrogens (primary N) is 2. The number of carbonyl (C=O) groups excluding carboxylic acids is 1. The van der Waals surface area contributed by atoms with E-state index in [1.807, 2.05) is 133 Å². The number of rotatable bonds is 6. The molecule has 46 heavy (non-hydrogen) atoms. The molecule has 0 radical (unpaired) electrons. The van der Waals surface area contributed by atoms with Crippen molar-refractivity contribution in [1.29, 1.82) is 0 Å². The molecule has 1 atom stereocenters. The second kappa shape index (κ2) is 24.8. The zero-order chi connectivity index (χ0) is 35.1. The first kappa shape index (κ1) is 42.7. The number of halogens is 2. The van der Waals surface area contributed by atoms with Crippen LogP contribution in [-0.4, -0.2) is 30.0 Å². The summed E-state index contributed by atoms with van der Waals surface area (Å²) in [6, 6.07) is 24.8. The molecule has 1 unspecified atom stereocenters. The van der Waals surface area contributed by atoms with Crippen LogP contribution in [0.25, 0.3) is 22.2 Å². The zero-order valence-electron chi connectivity index (χ0n) is 28.4. The molecule has 0 aliphatic carbocycles. The van der Waals surface area contributed by atoms with Gasteiger partial charge in [0.1, 0.15) is 0 Å². The molecule has 6 nitrogen and oxygen atoms in total. The maximum Gasteiger partial charge on any atom is 0.255 e. The minimum atomic E-state index is -0.191. The average molecular weight is 685 g/mol. The largest absolute Gasteiger partial charge is 0.331 e. The minimum absolute atomic E-state index is 0.191. The Kier molecular flexibility index (Phi) is 23.0. The van der Waals surface area contributed by atoms with Gasteiger partial charge >= 0.3 is 0 Å². The summed E-state index contributed by atoms with van der Waals surface area (Å²) in [5.74, 6) is -0.191. The number of amides is 1. The number of carbonyl (C=O) groups is 1. The Bertz CT molecular complexity index is 1490. The van der Waals surface area contributed by atoms with Crippen molar-refractivity contribution in [3.8, 4) is 11.3 Å². The van der Waals surface area contributed by atoms with Gasteiger partial charge < -0.3 is 21.1 Å². The Hall–Kier alpha value is -3.33. The van der Waals surface area contributed by atoms with Gasteiger partial charge in [0.2, 0.25) is 0 Å². The van der Waals surface area contributed by atoms with Gasteiger partial charge in [0.05, 0.1) is 16.2 Å². The molecule has 0 fully saturated rings. The Morgan fingerprint density at radius 2 is 1.61 bits per heavy atom. The molecule has 0 aliphatic rings. The van der Waals surface area contributed by atoms with E-state index < -0.39 is 0 Å². The first-order valence-electron chi connectivity index (χ1n) is 15.4. The molecule has 4 rings (SSSR count). The Balaban J connectivity index is 0.00000106. The number of pyridine rings is 1. The van der Waals surface area contributed by atoms with Crippen LogP contribution in [0, 0.1) is 0 Å². The Morgan fingerprint density at radius 3 is 2.11 bits per heavy atom. The molecule has 0 aliphatic heterocycles. The Morgan fingerprint density at radius 1 is 1.02 bits per heavy atom. The fraction of sp³-hybridized carbons (Fsp3) is 0.297. The van der Waals surface area contributed by atoms with Crippen LogP contribution in [0.15, 0.2) is 102 Å². The summed E-state index contributed by atoms with van der Waals surface area (Å²) < 4.78 is 1.81. The van der Waals surface area contributed by atoms with Crippen LogP contribution >= 0.6 is 36.0 Å². The van der Waals surface area contributed by atoms with E-state index in [0.717, 1.165) is 46.0 Å². The molecule has 0 spiro atoms. The molecule has 4 aromatic rings. The Labute approximate surface area is 292 Å². The molecular formula is C37H51Cl2N5OS.